The molecule has 1 aliphatic heterocycles. The Hall–Kier alpha value is -1.27. The summed E-state index contributed by atoms with van der Waals surface area (Å²) in [5.41, 5.74) is -0.794. The van der Waals surface area contributed by atoms with Gasteiger partial charge in [-0.15, -0.1) is 0 Å². The summed E-state index contributed by atoms with van der Waals surface area (Å²) in [7, 11) is 0. The van der Waals surface area contributed by atoms with Gasteiger partial charge in [0.05, 0.1) is 11.8 Å². The van der Waals surface area contributed by atoms with Gasteiger partial charge in [-0.3, -0.25) is 9.59 Å². The third-order valence-corrected chi connectivity index (χ3v) is 3.84. The summed E-state index contributed by atoms with van der Waals surface area (Å²) >= 11 is 0. The third kappa shape index (κ3) is 4.11. The van der Waals surface area contributed by atoms with Crippen LogP contribution in [0.4, 0.5) is 13.2 Å². The zero-order valence-corrected chi connectivity index (χ0v) is 12.7. The van der Waals surface area contributed by atoms with Crippen LogP contribution in [0.25, 0.3) is 0 Å². The maximum atomic E-state index is 12.9. The molecule has 1 N–H and O–H groups in total. The number of carbonyl (C=O) groups is 2. The summed E-state index contributed by atoms with van der Waals surface area (Å²) in [6.07, 6.45) is -4.07. The van der Waals surface area contributed by atoms with E-state index in [-0.39, 0.29) is 12.5 Å². The quantitative estimate of drug-likeness (QED) is 0.869. The van der Waals surface area contributed by atoms with Crippen LogP contribution in [0, 0.1) is 23.2 Å². The van der Waals surface area contributed by atoms with E-state index in [1.807, 2.05) is 13.8 Å². The van der Waals surface area contributed by atoms with Crippen LogP contribution in [0.3, 0.4) is 0 Å². The number of halogens is 3. The maximum absolute atomic E-state index is 12.9. The highest BCUT2D eigenvalue weighted by atomic mass is 19.4. The maximum Gasteiger partial charge on any atom is 0.394 e. The molecular formula is C14H22F3NO3. The number of aliphatic carboxylic acids is 1. The highest BCUT2D eigenvalue weighted by molar-refractivity contribution is 5.83. The van der Waals surface area contributed by atoms with Crippen molar-refractivity contribution >= 4 is 11.9 Å². The predicted molar refractivity (Wildman–Crippen MR) is 70.5 cm³/mol. The molecule has 0 spiro atoms. The highest BCUT2D eigenvalue weighted by Gasteiger charge is 2.54. The molecule has 0 aliphatic carbocycles. The molecule has 0 unspecified atom stereocenters. The second kappa shape index (κ2) is 5.85. The van der Waals surface area contributed by atoms with E-state index in [1.54, 1.807) is 13.8 Å². The van der Waals surface area contributed by atoms with Crippen molar-refractivity contribution in [2.45, 2.75) is 40.3 Å². The number of hydrogen-bond donors (Lipinski definition) is 1. The number of rotatable bonds is 4. The summed E-state index contributed by atoms with van der Waals surface area (Å²) in [5, 5.41) is 8.96. The van der Waals surface area contributed by atoms with Crippen LogP contribution in [0.15, 0.2) is 0 Å². The SMILES string of the molecule is CC(C)CC(C)(C)C(=O)N1C[C@@H](C(F)(F)F)[C@H](C(=O)O)C1. The lowest BCUT2D eigenvalue weighted by Crippen LogP contribution is -2.41. The van der Waals surface area contributed by atoms with Gasteiger partial charge in [-0.25, -0.2) is 0 Å². The minimum atomic E-state index is -4.61. The average molecular weight is 309 g/mol. The highest BCUT2D eigenvalue weighted by Crippen LogP contribution is 2.39. The lowest BCUT2D eigenvalue weighted by Gasteiger charge is -2.30. The molecule has 122 valence electrons. The van der Waals surface area contributed by atoms with Gasteiger partial charge < -0.3 is 10.0 Å². The molecule has 2 atom stereocenters. The molecule has 1 aliphatic rings. The summed E-state index contributed by atoms with van der Waals surface area (Å²) in [4.78, 5) is 24.5. The first-order chi connectivity index (χ1) is 9.36. The zero-order chi connectivity index (χ0) is 16.6. The molecule has 4 nitrogen and oxygen atoms in total. The van der Waals surface area contributed by atoms with Crippen molar-refractivity contribution in [3.63, 3.8) is 0 Å². The predicted octanol–water partition coefficient (Wildman–Crippen LogP) is 2.78. The number of nitrogens with zero attached hydrogens (tertiary/aromatic N) is 1. The monoisotopic (exact) mass is 309 g/mol. The standard InChI is InChI=1S/C14H22F3NO3/c1-8(2)5-13(3,4)12(21)18-6-9(11(19)20)10(7-18)14(15,16)17/h8-10H,5-7H2,1-4H3,(H,19,20)/t9-,10-/m1/s1. The smallest absolute Gasteiger partial charge is 0.394 e. The number of carbonyl (C=O) groups excluding carboxylic acids is 1. The van der Waals surface area contributed by atoms with E-state index < -0.39 is 41.8 Å². The molecule has 0 aromatic heterocycles. The first-order valence-electron chi connectivity index (χ1n) is 6.95. The van der Waals surface area contributed by atoms with E-state index in [0.29, 0.717) is 6.42 Å². The number of carboxylic acid groups (broad SMARTS) is 1. The molecule has 1 saturated heterocycles. The van der Waals surface area contributed by atoms with Gasteiger partial charge in [-0.05, 0) is 12.3 Å². The van der Waals surface area contributed by atoms with Gasteiger partial charge in [0.25, 0.3) is 0 Å². The summed E-state index contributed by atoms with van der Waals surface area (Å²) in [6.45, 7) is 6.29. The molecule has 0 aromatic rings. The second-order valence-corrected chi connectivity index (χ2v) is 6.78. The van der Waals surface area contributed by atoms with Crippen LogP contribution in [-0.2, 0) is 9.59 Å². The fourth-order valence-corrected chi connectivity index (χ4v) is 3.09. The van der Waals surface area contributed by atoms with Crippen molar-refractivity contribution in [3.05, 3.63) is 0 Å². The Labute approximate surface area is 122 Å². The molecule has 0 aromatic carbocycles. The molecule has 0 bridgehead atoms. The number of carboxylic acids is 1. The Kier molecular flexibility index (Phi) is 4.95. The lowest BCUT2D eigenvalue weighted by atomic mass is 9.82. The minimum Gasteiger partial charge on any atom is -0.481 e. The summed E-state index contributed by atoms with van der Waals surface area (Å²) < 4.78 is 38.7. The largest absolute Gasteiger partial charge is 0.481 e. The molecule has 0 saturated carbocycles. The van der Waals surface area contributed by atoms with Gasteiger partial charge in [0, 0.05) is 18.5 Å². The van der Waals surface area contributed by atoms with Gasteiger partial charge in [0.2, 0.25) is 5.91 Å². The number of amides is 1. The first kappa shape index (κ1) is 17.8. The topological polar surface area (TPSA) is 57.6 Å². The summed E-state index contributed by atoms with van der Waals surface area (Å²) in [6, 6.07) is 0. The van der Waals surface area contributed by atoms with Crippen LogP contribution in [0.2, 0.25) is 0 Å². The van der Waals surface area contributed by atoms with Crippen molar-refractivity contribution < 1.29 is 27.9 Å². The van der Waals surface area contributed by atoms with E-state index in [2.05, 4.69) is 0 Å². The van der Waals surface area contributed by atoms with Gasteiger partial charge >= 0.3 is 12.1 Å². The van der Waals surface area contributed by atoms with Crippen molar-refractivity contribution in [2.24, 2.45) is 23.2 Å². The Morgan fingerprint density at radius 2 is 1.76 bits per heavy atom. The summed E-state index contributed by atoms with van der Waals surface area (Å²) in [5.74, 6) is -5.26. The van der Waals surface area contributed by atoms with Gasteiger partial charge in [0.1, 0.15) is 0 Å². The van der Waals surface area contributed by atoms with E-state index in [4.69, 9.17) is 5.11 Å². The fraction of sp³-hybridized carbons (Fsp3) is 0.857. The first-order valence-corrected chi connectivity index (χ1v) is 6.95. The third-order valence-electron chi connectivity index (χ3n) is 3.84. The Balaban J connectivity index is 2.92. The van der Waals surface area contributed by atoms with E-state index in [9.17, 15) is 22.8 Å². The molecule has 0 radical (unpaired) electrons. The molecule has 21 heavy (non-hydrogen) atoms. The van der Waals surface area contributed by atoms with Crippen molar-refractivity contribution in [3.8, 4) is 0 Å². The Morgan fingerprint density at radius 1 is 1.24 bits per heavy atom. The van der Waals surface area contributed by atoms with Crippen LogP contribution >= 0.6 is 0 Å². The van der Waals surface area contributed by atoms with Gasteiger partial charge in [-0.1, -0.05) is 27.7 Å². The molecule has 1 heterocycles. The van der Waals surface area contributed by atoms with Crippen LogP contribution in [0.1, 0.15) is 34.1 Å². The molecule has 7 heteroatoms. The van der Waals surface area contributed by atoms with Crippen LogP contribution in [0.5, 0.6) is 0 Å². The van der Waals surface area contributed by atoms with Crippen molar-refractivity contribution in [2.75, 3.05) is 13.1 Å². The van der Waals surface area contributed by atoms with Gasteiger partial charge in [0.15, 0.2) is 0 Å². The van der Waals surface area contributed by atoms with E-state index in [1.165, 1.54) is 0 Å². The van der Waals surface area contributed by atoms with Crippen molar-refractivity contribution in [1.29, 1.82) is 0 Å². The van der Waals surface area contributed by atoms with Crippen LogP contribution < -0.4 is 0 Å². The van der Waals surface area contributed by atoms with Crippen LogP contribution in [-0.4, -0.2) is 41.1 Å². The zero-order valence-electron chi connectivity index (χ0n) is 12.7. The second-order valence-electron chi connectivity index (χ2n) is 6.78. The Bertz CT molecular complexity index is 418. The van der Waals surface area contributed by atoms with Crippen molar-refractivity contribution in [1.82, 2.24) is 4.90 Å². The minimum absolute atomic E-state index is 0.222. The number of likely N-dealkylation sites (tertiary alicyclic amines) is 1. The lowest BCUT2D eigenvalue weighted by molar-refractivity contribution is -0.188. The normalized spacial score (nSPS) is 23.7. The number of hydrogen-bond acceptors (Lipinski definition) is 2. The van der Waals surface area contributed by atoms with Gasteiger partial charge in [-0.2, -0.15) is 13.2 Å². The molecule has 1 amide bonds. The molecule has 1 rings (SSSR count). The average Bonchev–Trinajstić information content (AvgIpc) is 2.70. The molecular weight excluding hydrogens is 287 g/mol. The van der Waals surface area contributed by atoms with E-state index in [0.717, 1.165) is 4.90 Å². The fourth-order valence-electron chi connectivity index (χ4n) is 3.09. The molecule has 1 fully saturated rings. The Morgan fingerprint density at radius 3 is 2.10 bits per heavy atom. The van der Waals surface area contributed by atoms with E-state index >= 15 is 0 Å². The number of alkyl halides is 3.